The molecule has 1 unspecified atom stereocenters. The zero-order chi connectivity index (χ0) is 25.2. The highest BCUT2D eigenvalue weighted by Crippen LogP contribution is 2.67. The minimum absolute atomic E-state index is 0.133. The minimum atomic E-state index is -0.144. The number of imidazole rings is 1. The number of hydrogen-bond acceptors (Lipinski definition) is 3. The summed E-state index contributed by atoms with van der Waals surface area (Å²) in [5.74, 6) is 2.05. The Morgan fingerprint density at radius 1 is 0.946 bits per heavy atom. The van der Waals surface area contributed by atoms with Gasteiger partial charge in [-0.25, -0.2) is 4.98 Å². The van der Waals surface area contributed by atoms with Crippen LogP contribution in [0.2, 0.25) is 0 Å². The van der Waals surface area contributed by atoms with E-state index in [4.69, 9.17) is 4.98 Å². The van der Waals surface area contributed by atoms with Crippen molar-refractivity contribution in [3.63, 3.8) is 0 Å². The summed E-state index contributed by atoms with van der Waals surface area (Å²) in [6.45, 7) is 5.95. The molecule has 2 saturated carbocycles. The zero-order valence-electron chi connectivity index (χ0n) is 22.2. The number of fused-ring (bicyclic) bond motifs is 6. The molecular weight excluding hydrogens is 454 g/mol. The molecular formula is C33H39N3O. The number of aliphatic hydroxyl groups excluding tert-OH is 1. The fourth-order valence-corrected chi connectivity index (χ4v) is 8.90. The predicted molar refractivity (Wildman–Crippen MR) is 151 cm³/mol. The molecule has 37 heavy (non-hydrogen) atoms. The predicted octanol–water partition coefficient (Wildman–Crippen LogP) is 7.29. The van der Waals surface area contributed by atoms with Gasteiger partial charge in [-0.05, 0) is 98.0 Å². The second kappa shape index (κ2) is 8.59. The molecule has 4 nitrogen and oxygen atoms in total. The number of nitrogens with one attached hydrogen (secondary N) is 1. The molecule has 4 aliphatic carbocycles. The number of hydrogen-bond donors (Lipinski definition) is 2. The lowest BCUT2D eigenvalue weighted by Gasteiger charge is -2.57. The third-order valence-electron chi connectivity index (χ3n) is 10.8. The van der Waals surface area contributed by atoms with Crippen molar-refractivity contribution < 1.29 is 5.11 Å². The number of nitrogens with zero attached hydrogens (tertiary/aromatic N) is 2. The summed E-state index contributed by atoms with van der Waals surface area (Å²) in [6, 6.07) is 19.2. The van der Waals surface area contributed by atoms with Gasteiger partial charge in [0.15, 0.2) is 0 Å². The number of rotatable bonds is 4. The molecule has 4 aliphatic rings. The van der Waals surface area contributed by atoms with Crippen molar-refractivity contribution in [1.29, 1.82) is 0 Å². The van der Waals surface area contributed by atoms with Gasteiger partial charge in [-0.3, -0.25) is 0 Å². The molecule has 7 rings (SSSR count). The Labute approximate surface area is 220 Å². The number of para-hydroxylation sites is 3. The van der Waals surface area contributed by atoms with E-state index in [0.29, 0.717) is 11.8 Å². The number of benzene rings is 2. The van der Waals surface area contributed by atoms with Gasteiger partial charge in [0.05, 0.1) is 17.1 Å². The molecule has 0 aliphatic heterocycles. The summed E-state index contributed by atoms with van der Waals surface area (Å²) in [7, 11) is 0. The molecule has 2 aromatic carbocycles. The van der Waals surface area contributed by atoms with E-state index in [2.05, 4.69) is 90.7 Å². The second-order valence-corrected chi connectivity index (χ2v) is 12.6. The van der Waals surface area contributed by atoms with Crippen molar-refractivity contribution in [3.8, 4) is 0 Å². The van der Waals surface area contributed by atoms with E-state index >= 15 is 0 Å². The third-order valence-corrected chi connectivity index (χ3v) is 10.8. The smallest absolute Gasteiger partial charge is 0.100 e. The molecule has 0 amide bonds. The van der Waals surface area contributed by atoms with Crippen molar-refractivity contribution in [3.05, 3.63) is 78.1 Å². The van der Waals surface area contributed by atoms with Crippen LogP contribution >= 0.6 is 0 Å². The monoisotopic (exact) mass is 493 g/mol. The Hall–Kier alpha value is -2.85. The first-order chi connectivity index (χ1) is 18.0. The summed E-state index contributed by atoms with van der Waals surface area (Å²) < 4.78 is 2.43. The maximum Gasteiger partial charge on any atom is 0.100 e. The highest BCUT2D eigenvalue weighted by Gasteiger charge is 2.58. The van der Waals surface area contributed by atoms with Crippen LogP contribution in [-0.4, -0.2) is 27.3 Å². The molecule has 6 atom stereocenters. The zero-order valence-corrected chi connectivity index (χ0v) is 22.2. The summed E-state index contributed by atoms with van der Waals surface area (Å²) in [5, 5.41) is 14.2. The SMILES string of the molecule is C[C@]12CCC(O)CC1=CC[C@@H]1[C@@H]2CC[C@]2(C)C(n3cnc4ccccc43)=C(CNc3ccccc3)C[C@@H]12. The number of anilines is 1. The van der Waals surface area contributed by atoms with Gasteiger partial charge in [-0.1, -0.05) is 55.8 Å². The number of aromatic nitrogens is 2. The van der Waals surface area contributed by atoms with Gasteiger partial charge in [-0.15, -0.1) is 0 Å². The van der Waals surface area contributed by atoms with Crippen LogP contribution in [0, 0.1) is 28.6 Å². The van der Waals surface area contributed by atoms with E-state index < -0.39 is 0 Å². The average Bonchev–Trinajstić information content (AvgIpc) is 3.46. The lowest BCUT2D eigenvalue weighted by molar-refractivity contribution is -0.0251. The van der Waals surface area contributed by atoms with Crippen LogP contribution in [0.5, 0.6) is 0 Å². The quantitative estimate of drug-likeness (QED) is 0.375. The summed E-state index contributed by atoms with van der Waals surface area (Å²) >= 11 is 0. The molecule has 4 heteroatoms. The van der Waals surface area contributed by atoms with Crippen molar-refractivity contribution in [2.24, 2.45) is 28.6 Å². The van der Waals surface area contributed by atoms with E-state index in [1.807, 2.05) is 0 Å². The minimum Gasteiger partial charge on any atom is -0.393 e. The first kappa shape index (κ1) is 23.3. The highest BCUT2D eigenvalue weighted by atomic mass is 16.3. The van der Waals surface area contributed by atoms with Crippen LogP contribution in [0.3, 0.4) is 0 Å². The Morgan fingerprint density at radius 3 is 2.59 bits per heavy atom. The van der Waals surface area contributed by atoms with Gasteiger partial charge in [0.1, 0.15) is 6.33 Å². The number of allylic oxidation sites excluding steroid dienone is 2. The second-order valence-electron chi connectivity index (χ2n) is 12.6. The molecule has 1 aromatic heterocycles. The molecule has 1 heterocycles. The van der Waals surface area contributed by atoms with Gasteiger partial charge in [0, 0.05) is 23.3 Å². The third kappa shape index (κ3) is 3.55. The van der Waals surface area contributed by atoms with Crippen LogP contribution in [0.1, 0.15) is 58.8 Å². The normalized spacial score (nSPS) is 35.1. The van der Waals surface area contributed by atoms with Gasteiger partial charge in [0.25, 0.3) is 0 Å². The van der Waals surface area contributed by atoms with Crippen LogP contribution in [-0.2, 0) is 0 Å². The summed E-state index contributed by atoms with van der Waals surface area (Å²) in [4.78, 5) is 4.81. The van der Waals surface area contributed by atoms with Gasteiger partial charge >= 0.3 is 0 Å². The van der Waals surface area contributed by atoms with Crippen LogP contribution < -0.4 is 5.32 Å². The van der Waals surface area contributed by atoms with Crippen LogP contribution in [0.25, 0.3) is 16.7 Å². The Morgan fingerprint density at radius 2 is 1.73 bits per heavy atom. The van der Waals surface area contributed by atoms with Gasteiger partial charge in [0.2, 0.25) is 0 Å². The number of aliphatic hydroxyl groups is 1. The average molecular weight is 494 g/mol. The van der Waals surface area contributed by atoms with Crippen molar-refractivity contribution >= 4 is 22.4 Å². The maximum atomic E-state index is 10.4. The molecule has 2 fully saturated rings. The van der Waals surface area contributed by atoms with Gasteiger partial charge in [-0.2, -0.15) is 0 Å². The van der Waals surface area contributed by atoms with E-state index in [0.717, 1.165) is 43.7 Å². The molecule has 0 radical (unpaired) electrons. The Kier molecular flexibility index (Phi) is 5.41. The first-order valence-corrected chi connectivity index (χ1v) is 14.3. The molecule has 0 spiro atoms. The Balaban J connectivity index is 1.29. The maximum absolute atomic E-state index is 10.4. The Bertz CT molecular complexity index is 1390. The highest BCUT2D eigenvalue weighted by molar-refractivity contribution is 5.81. The fraction of sp³-hybridized carbons (Fsp3) is 0.485. The van der Waals surface area contributed by atoms with Gasteiger partial charge < -0.3 is 15.0 Å². The van der Waals surface area contributed by atoms with Crippen molar-refractivity contribution in [2.45, 2.75) is 64.9 Å². The molecule has 0 bridgehead atoms. The summed E-state index contributed by atoms with van der Waals surface area (Å²) in [5.41, 5.74) is 8.45. The van der Waals surface area contributed by atoms with E-state index in [1.165, 1.54) is 36.2 Å². The lowest BCUT2D eigenvalue weighted by Crippen LogP contribution is -2.50. The largest absolute Gasteiger partial charge is 0.393 e. The first-order valence-electron chi connectivity index (χ1n) is 14.3. The lowest BCUT2D eigenvalue weighted by atomic mass is 9.48. The van der Waals surface area contributed by atoms with Crippen molar-refractivity contribution in [2.75, 3.05) is 11.9 Å². The molecule has 0 saturated heterocycles. The van der Waals surface area contributed by atoms with E-state index in [1.54, 1.807) is 11.1 Å². The van der Waals surface area contributed by atoms with Crippen molar-refractivity contribution in [1.82, 2.24) is 9.55 Å². The molecule has 2 N–H and O–H groups in total. The molecule has 192 valence electrons. The topological polar surface area (TPSA) is 50.1 Å². The fourth-order valence-electron chi connectivity index (χ4n) is 8.90. The van der Waals surface area contributed by atoms with E-state index in [-0.39, 0.29) is 16.9 Å². The van der Waals surface area contributed by atoms with Crippen LogP contribution in [0.15, 0.2) is 78.1 Å². The molecule has 3 aromatic rings. The van der Waals surface area contributed by atoms with E-state index in [9.17, 15) is 5.11 Å². The van der Waals surface area contributed by atoms with Crippen LogP contribution in [0.4, 0.5) is 5.69 Å². The standard InChI is InChI=1S/C33H39N3O/c1-32-16-14-25(37)19-23(32)12-13-26-27(32)15-17-33(2)28(26)18-22(20-34-24-8-4-3-5-9-24)31(33)36-21-35-29-10-6-7-11-30(29)36/h3-12,21,25-28,34,37H,13-20H2,1-2H3/t25?,26-,27+,28+,32+,33+/m1/s1. The summed E-state index contributed by atoms with van der Waals surface area (Å²) in [6.07, 6.45) is 12.3.